The number of aryl methyl sites for hydroxylation is 1. The van der Waals surface area contributed by atoms with Crippen molar-refractivity contribution in [3.05, 3.63) is 45.4 Å². The highest BCUT2D eigenvalue weighted by Crippen LogP contribution is 2.25. The number of thiazole rings is 1. The molecule has 0 bridgehead atoms. The van der Waals surface area contributed by atoms with Crippen LogP contribution in [0.1, 0.15) is 33.9 Å². The number of fused-ring (bicyclic) bond motifs is 1. The molecule has 1 saturated heterocycles. The van der Waals surface area contributed by atoms with Gasteiger partial charge in [-0.2, -0.15) is 0 Å². The van der Waals surface area contributed by atoms with Crippen LogP contribution in [0.25, 0.3) is 0 Å². The average molecular weight is 357 g/mol. The standard InChI is InChI=1S/C19H23N3O2S/c1-13-20-10-17(25-13)12-22-7-6-14-4-5-16(9-15(14)11-22)21-19(23)18-3-2-8-24-18/h4-5,9-10,18H,2-3,6-8,11-12H2,1H3,(H,21,23). The molecule has 1 amide bonds. The minimum absolute atomic E-state index is 0.0229. The normalized spacial score (nSPS) is 20.4. The van der Waals surface area contributed by atoms with Crippen LogP contribution in [-0.2, 0) is 29.0 Å². The van der Waals surface area contributed by atoms with Crippen LogP contribution in [0.2, 0.25) is 0 Å². The van der Waals surface area contributed by atoms with E-state index in [9.17, 15) is 4.79 Å². The van der Waals surface area contributed by atoms with Gasteiger partial charge < -0.3 is 10.1 Å². The highest BCUT2D eigenvalue weighted by atomic mass is 32.1. The number of hydrogen-bond donors (Lipinski definition) is 1. The Balaban J connectivity index is 1.42. The Morgan fingerprint density at radius 3 is 3.12 bits per heavy atom. The number of ether oxygens (including phenoxy) is 1. The second kappa shape index (κ2) is 7.23. The van der Waals surface area contributed by atoms with Gasteiger partial charge in [0.1, 0.15) is 6.10 Å². The molecule has 0 radical (unpaired) electrons. The van der Waals surface area contributed by atoms with E-state index in [0.29, 0.717) is 6.61 Å². The van der Waals surface area contributed by atoms with E-state index >= 15 is 0 Å². The highest BCUT2D eigenvalue weighted by Gasteiger charge is 2.24. The summed E-state index contributed by atoms with van der Waals surface area (Å²) in [7, 11) is 0. The van der Waals surface area contributed by atoms with Crippen molar-refractivity contribution >= 4 is 22.9 Å². The molecule has 1 aromatic carbocycles. The molecule has 6 heteroatoms. The molecule has 2 aromatic rings. The minimum atomic E-state index is -0.290. The molecule has 5 nitrogen and oxygen atoms in total. The molecule has 25 heavy (non-hydrogen) atoms. The number of aromatic nitrogens is 1. The summed E-state index contributed by atoms with van der Waals surface area (Å²) in [5, 5.41) is 4.13. The molecule has 1 fully saturated rings. The zero-order chi connectivity index (χ0) is 17.2. The maximum absolute atomic E-state index is 12.2. The lowest BCUT2D eigenvalue weighted by Gasteiger charge is -2.28. The van der Waals surface area contributed by atoms with Gasteiger partial charge in [-0.1, -0.05) is 6.07 Å². The molecule has 1 unspecified atom stereocenters. The molecule has 0 saturated carbocycles. The Bertz CT molecular complexity index is 768. The number of carbonyl (C=O) groups excluding carboxylic acids is 1. The van der Waals surface area contributed by atoms with Crippen molar-refractivity contribution in [2.24, 2.45) is 0 Å². The van der Waals surface area contributed by atoms with Crippen LogP contribution in [0.5, 0.6) is 0 Å². The predicted molar refractivity (Wildman–Crippen MR) is 98.7 cm³/mol. The summed E-state index contributed by atoms with van der Waals surface area (Å²) in [6.07, 6.45) is 4.52. The van der Waals surface area contributed by atoms with Gasteiger partial charge in [0.15, 0.2) is 0 Å². The lowest BCUT2D eigenvalue weighted by atomic mass is 9.99. The Hall–Kier alpha value is -1.76. The molecule has 0 spiro atoms. The first kappa shape index (κ1) is 16.7. The van der Waals surface area contributed by atoms with Crippen molar-refractivity contribution in [2.75, 3.05) is 18.5 Å². The van der Waals surface area contributed by atoms with E-state index in [4.69, 9.17) is 4.74 Å². The monoisotopic (exact) mass is 357 g/mol. The van der Waals surface area contributed by atoms with E-state index < -0.39 is 0 Å². The zero-order valence-corrected chi connectivity index (χ0v) is 15.3. The first-order chi connectivity index (χ1) is 12.2. The summed E-state index contributed by atoms with van der Waals surface area (Å²) in [5.74, 6) is -0.0229. The smallest absolute Gasteiger partial charge is 0.253 e. The zero-order valence-electron chi connectivity index (χ0n) is 14.5. The molecule has 2 aliphatic heterocycles. The summed E-state index contributed by atoms with van der Waals surface area (Å²) in [4.78, 5) is 20.3. The summed E-state index contributed by atoms with van der Waals surface area (Å²) in [5.41, 5.74) is 3.55. The Labute approximate surface area is 152 Å². The van der Waals surface area contributed by atoms with E-state index in [-0.39, 0.29) is 12.0 Å². The topological polar surface area (TPSA) is 54.5 Å². The van der Waals surface area contributed by atoms with Crippen LogP contribution >= 0.6 is 11.3 Å². The van der Waals surface area contributed by atoms with Crippen molar-refractivity contribution in [1.82, 2.24) is 9.88 Å². The van der Waals surface area contributed by atoms with Gasteiger partial charge in [-0.3, -0.25) is 9.69 Å². The first-order valence-electron chi connectivity index (χ1n) is 8.85. The fourth-order valence-corrected chi connectivity index (χ4v) is 4.37. The molecule has 1 aromatic heterocycles. The molecule has 2 aliphatic rings. The third kappa shape index (κ3) is 3.92. The second-order valence-electron chi connectivity index (χ2n) is 6.78. The lowest BCUT2D eigenvalue weighted by molar-refractivity contribution is -0.124. The van der Waals surface area contributed by atoms with Crippen LogP contribution in [0, 0.1) is 6.92 Å². The van der Waals surface area contributed by atoms with Gasteiger partial charge >= 0.3 is 0 Å². The van der Waals surface area contributed by atoms with Crippen LogP contribution in [-0.4, -0.2) is 35.0 Å². The molecule has 132 valence electrons. The number of anilines is 1. The number of rotatable bonds is 4. The number of amides is 1. The second-order valence-corrected chi connectivity index (χ2v) is 8.10. The van der Waals surface area contributed by atoms with Gasteiger partial charge in [0.05, 0.1) is 5.01 Å². The van der Waals surface area contributed by atoms with Crippen LogP contribution in [0.3, 0.4) is 0 Å². The maximum atomic E-state index is 12.2. The Morgan fingerprint density at radius 1 is 1.44 bits per heavy atom. The summed E-state index contributed by atoms with van der Waals surface area (Å²) < 4.78 is 5.46. The van der Waals surface area contributed by atoms with E-state index in [1.54, 1.807) is 11.3 Å². The minimum Gasteiger partial charge on any atom is -0.368 e. The maximum Gasteiger partial charge on any atom is 0.253 e. The van der Waals surface area contributed by atoms with Gasteiger partial charge in [0.25, 0.3) is 5.91 Å². The number of hydrogen-bond acceptors (Lipinski definition) is 5. The lowest BCUT2D eigenvalue weighted by Crippen LogP contribution is -2.30. The average Bonchev–Trinajstić information content (AvgIpc) is 3.26. The molecule has 1 N–H and O–H groups in total. The van der Waals surface area contributed by atoms with Crippen molar-refractivity contribution in [3.8, 4) is 0 Å². The van der Waals surface area contributed by atoms with Crippen LogP contribution in [0.4, 0.5) is 5.69 Å². The molecular weight excluding hydrogens is 334 g/mol. The van der Waals surface area contributed by atoms with Gasteiger partial charge in [-0.15, -0.1) is 11.3 Å². The van der Waals surface area contributed by atoms with Gasteiger partial charge in [-0.25, -0.2) is 4.98 Å². The molecule has 1 atom stereocenters. The summed E-state index contributed by atoms with van der Waals surface area (Å²) in [6, 6.07) is 6.27. The van der Waals surface area contributed by atoms with E-state index in [1.807, 2.05) is 19.2 Å². The summed E-state index contributed by atoms with van der Waals surface area (Å²) in [6.45, 7) is 5.65. The van der Waals surface area contributed by atoms with Gasteiger partial charge in [0, 0.05) is 43.0 Å². The van der Waals surface area contributed by atoms with Crippen LogP contribution < -0.4 is 5.32 Å². The van der Waals surface area contributed by atoms with E-state index in [2.05, 4.69) is 27.3 Å². The fourth-order valence-electron chi connectivity index (χ4n) is 3.53. The third-order valence-electron chi connectivity index (χ3n) is 4.84. The largest absolute Gasteiger partial charge is 0.368 e. The molecule has 3 heterocycles. The van der Waals surface area contributed by atoms with Crippen molar-refractivity contribution in [1.29, 1.82) is 0 Å². The molecule has 4 rings (SSSR count). The summed E-state index contributed by atoms with van der Waals surface area (Å²) >= 11 is 1.76. The quantitative estimate of drug-likeness (QED) is 0.913. The van der Waals surface area contributed by atoms with Gasteiger partial charge in [-0.05, 0) is 49.4 Å². The predicted octanol–water partition coefficient (Wildman–Crippen LogP) is 3.13. The SMILES string of the molecule is Cc1ncc(CN2CCc3ccc(NC(=O)C4CCCO4)cc3C2)s1. The fraction of sp³-hybridized carbons (Fsp3) is 0.474. The number of benzene rings is 1. The van der Waals surface area contributed by atoms with Crippen LogP contribution in [0.15, 0.2) is 24.4 Å². The van der Waals surface area contributed by atoms with Gasteiger partial charge in [0.2, 0.25) is 0 Å². The third-order valence-corrected chi connectivity index (χ3v) is 5.73. The first-order valence-corrected chi connectivity index (χ1v) is 9.67. The Kier molecular flexibility index (Phi) is 4.83. The number of carbonyl (C=O) groups is 1. The Morgan fingerprint density at radius 2 is 2.36 bits per heavy atom. The molecule has 0 aliphatic carbocycles. The highest BCUT2D eigenvalue weighted by molar-refractivity contribution is 7.11. The van der Waals surface area contributed by atoms with Crippen molar-refractivity contribution in [3.63, 3.8) is 0 Å². The van der Waals surface area contributed by atoms with E-state index in [0.717, 1.165) is 49.6 Å². The van der Waals surface area contributed by atoms with E-state index in [1.165, 1.54) is 16.0 Å². The molecular formula is C19H23N3O2S. The number of nitrogens with zero attached hydrogens (tertiary/aromatic N) is 2. The van der Waals surface area contributed by atoms with Crippen molar-refractivity contribution in [2.45, 2.75) is 45.4 Å². The van der Waals surface area contributed by atoms with Crippen molar-refractivity contribution < 1.29 is 9.53 Å². The number of nitrogens with one attached hydrogen (secondary N) is 1.